The number of nitrogens with zero attached hydrogens (tertiary/aromatic N) is 1. The van der Waals surface area contributed by atoms with Crippen molar-refractivity contribution in [2.24, 2.45) is 0 Å². The maximum absolute atomic E-state index is 5.55. The molecule has 0 aliphatic rings. The maximum atomic E-state index is 5.55. The van der Waals surface area contributed by atoms with Crippen LogP contribution in [0.25, 0.3) is 0 Å². The van der Waals surface area contributed by atoms with Crippen LogP contribution in [-0.4, -0.2) is 24.0 Å². The van der Waals surface area contributed by atoms with Crippen LogP contribution >= 0.6 is 11.6 Å². The van der Waals surface area contributed by atoms with E-state index in [1.54, 1.807) is 6.20 Å². The van der Waals surface area contributed by atoms with Gasteiger partial charge >= 0.3 is 0 Å². The first kappa shape index (κ1) is 10.1. The zero-order chi connectivity index (χ0) is 9.52. The lowest BCUT2D eigenvalue weighted by Gasteiger charge is -2.09. The number of alkyl halides is 1. The summed E-state index contributed by atoms with van der Waals surface area (Å²) in [6.07, 6.45) is 1.72. The van der Waals surface area contributed by atoms with Crippen LogP contribution in [0.1, 0.15) is 6.92 Å². The van der Waals surface area contributed by atoms with Crippen molar-refractivity contribution in [3.8, 4) is 5.75 Å². The van der Waals surface area contributed by atoms with Gasteiger partial charge in [-0.3, -0.25) is 0 Å². The summed E-state index contributed by atoms with van der Waals surface area (Å²) in [7, 11) is 0. The minimum absolute atomic E-state index is 0.558. The molecule has 0 aliphatic carbocycles. The molecule has 0 aromatic carbocycles. The Morgan fingerprint density at radius 2 is 2.46 bits per heavy atom. The number of halogens is 1. The molecule has 1 heterocycles. The standard InChI is InChI=1S/C9H13ClN2O/c1-2-13-8-4-3-6-11-9(8)12-7-5-10/h3-4,6H,2,5,7H2,1H3,(H,11,12). The minimum atomic E-state index is 0.558. The average Bonchev–Trinajstić information content (AvgIpc) is 2.17. The van der Waals surface area contributed by atoms with Gasteiger partial charge in [0, 0.05) is 18.6 Å². The first-order valence-electron chi connectivity index (χ1n) is 4.26. The highest BCUT2D eigenvalue weighted by atomic mass is 35.5. The van der Waals surface area contributed by atoms with Crippen LogP contribution in [0.3, 0.4) is 0 Å². The second-order valence-corrected chi connectivity index (χ2v) is 2.78. The molecule has 4 heteroatoms. The molecule has 0 amide bonds. The predicted octanol–water partition coefficient (Wildman–Crippen LogP) is 2.13. The van der Waals surface area contributed by atoms with Gasteiger partial charge in [-0.25, -0.2) is 4.98 Å². The summed E-state index contributed by atoms with van der Waals surface area (Å²) in [6, 6.07) is 3.73. The number of rotatable bonds is 5. The third-order valence-corrected chi connectivity index (χ3v) is 1.65. The van der Waals surface area contributed by atoms with Gasteiger partial charge in [-0.2, -0.15) is 0 Å². The zero-order valence-corrected chi connectivity index (χ0v) is 8.34. The molecule has 1 aromatic rings. The van der Waals surface area contributed by atoms with Crippen LogP contribution in [0.15, 0.2) is 18.3 Å². The number of hydrogen-bond acceptors (Lipinski definition) is 3. The normalized spacial score (nSPS) is 9.69. The molecule has 1 aromatic heterocycles. The van der Waals surface area contributed by atoms with Gasteiger partial charge in [0.15, 0.2) is 11.6 Å². The number of anilines is 1. The Morgan fingerprint density at radius 1 is 1.62 bits per heavy atom. The van der Waals surface area contributed by atoms with E-state index in [4.69, 9.17) is 16.3 Å². The van der Waals surface area contributed by atoms with Crippen molar-refractivity contribution in [2.75, 3.05) is 24.3 Å². The Hall–Kier alpha value is -0.960. The van der Waals surface area contributed by atoms with E-state index in [9.17, 15) is 0 Å². The fourth-order valence-corrected chi connectivity index (χ4v) is 1.06. The molecule has 0 saturated carbocycles. The molecule has 0 aliphatic heterocycles. The molecule has 0 bridgehead atoms. The van der Waals surface area contributed by atoms with Crippen molar-refractivity contribution in [3.63, 3.8) is 0 Å². The van der Waals surface area contributed by atoms with Crippen LogP contribution in [-0.2, 0) is 0 Å². The lowest BCUT2D eigenvalue weighted by atomic mass is 10.4. The van der Waals surface area contributed by atoms with Crippen molar-refractivity contribution >= 4 is 17.4 Å². The van der Waals surface area contributed by atoms with Gasteiger partial charge in [0.25, 0.3) is 0 Å². The molecular formula is C9H13ClN2O. The summed E-state index contributed by atoms with van der Waals surface area (Å²) in [5.74, 6) is 2.09. The molecule has 13 heavy (non-hydrogen) atoms. The van der Waals surface area contributed by atoms with E-state index in [0.717, 1.165) is 11.6 Å². The second kappa shape index (κ2) is 5.65. The summed E-state index contributed by atoms with van der Waals surface area (Å²) in [5.41, 5.74) is 0. The summed E-state index contributed by atoms with van der Waals surface area (Å²) in [6.45, 7) is 3.28. The third-order valence-electron chi connectivity index (χ3n) is 1.46. The summed E-state index contributed by atoms with van der Waals surface area (Å²) in [5, 5.41) is 3.08. The van der Waals surface area contributed by atoms with E-state index < -0.39 is 0 Å². The largest absolute Gasteiger partial charge is 0.490 e. The van der Waals surface area contributed by atoms with Crippen LogP contribution in [0.5, 0.6) is 5.75 Å². The highest BCUT2D eigenvalue weighted by molar-refractivity contribution is 6.18. The van der Waals surface area contributed by atoms with E-state index >= 15 is 0 Å². The van der Waals surface area contributed by atoms with E-state index in [0.29, 0.717) is 19.0 Å². The first-order chi connectivity index (χ1) is 6.38. The van der Waals surface area contributed by atoms with Gasteiger partial charge in [0.1, 0.15) is 0 Å². The number of nitrogens with one attached hydrogen (secondary N) is 1. The van der Waals surface area contributed by atoms with Crippen molar-refractivity contribution in [2.45, 2.75) is 6.92 Å². The lowest BCUT2D eigenvalue weighted by molar-refractivity contribution is 0.340. The number of hydrogen-bond donors (Lipinski definition) is 1. The van der Waals surface area contributed by atoms with Gasteiger partial charge in [-0.15, -0.1) is 11.6 Å². The topological polar surface area (TPSA) is 34.1 Å². The Labute approximate surface area is 83.1 Å². The van der Waals surface area contributed by atoms with Crippen molar-refractivity contribution in [1.82, 2.24) is 4.98 Å². The van der Waals surface area contributed by atoms with Gasteiger partial charge < -0.3 is 10.1 Å². The molecule has 3 nitrogen and oxygen atoms in total. The van der Waals surface area contributed by atoms with Gasteiger partial charge in [-0.05, 0) is 19.1 Å². The Morgan fingerprint density at radius 3 is 3.15 bits per heavy atom. The molecular weight excluding hydrogens is 188 g/mol. The molecule has 1 N–H and O–H groups in total. The van der Waals surface area contributed by atoms with Crippen LogP contribution in [0.2, 0.25) is 0 Å². The molecule has 0 atom stereocenters. The van der Waals surface area contributed by atoms with E-state index in [1.807, 2.05) is 19.1 Å². The van der Waals surface area contributed by atoms with E-state index in [-0.39, 0.29) is 0 Å². The Kier molecular flexibility index (Phi) is 4.40. The third kappa shape index (κ3) is 3.11. The van der Waals surface area contributed by atoms with Crippen LogP contribution in [0.4, 0.5) is 5.82 Å². The molecule has 0 unspecified atom stereocenters. The number of ether oxygens (including phenoxy) is 1. The van der Waals surface area contributed by atoms with Crippen LogP contribution < -0.4 is 10.1 Å². The maximum Gasteiger partial charge on any atom is 0.168 e. The minimum Gasteiger partial charge on any atom is -0.490 e. The highest BCUT2D eigenvalue weighted by Crippen LogP contribution is 2.20. The summed E-state index contributed by atoms with van der Waals surface area (Å²) < 4.78 is 5.37. The fraction of sp³-hybridized carbons (Fsp3) is 0.444. The number of aromatic nitrogens is 1. The summed E-state index contributed by atoms with van der Waals surface area (Å²) >= 11 is 5.55. The van der Waals surface area contributed by atoms with Gasteiger partial charge in [0.05, 0.1) is 6.61 Å². The molecule has 0 saturated heterocycles. The van der Waals surface area contributed by atoms with Gasteiger partial charge in [-0.1, -0.05) is 0 Å². The lowest BCUT2D eigenvalue weighted by Crippen LogP contribution is -2.06. The Balaban J connectivity index is 2.66. The van der Waals surface area contributed by atoms with Crippen molar-refractivity contribution in [3.05, 3.63) is 18.3 Å². The predicted molar refractivity (Wildman–Crippen MR) is 54.6 cm³/mol. The quantitative estimate of drug-likeness (QED) is 0.740. The van der Waals surface area contributed by atoms with Crippen molar-refractivity contribution in [1.29, 1.82) is 0 Å². The van der Waals surface area contributed by atoms with Crippen LogP contribution in [0, 0.1) is 0 Å². The molecule has 0 spiro atoms. The highest BCUT2D eigenvalue weighted by Gasteiger charge is 2.01. The molecule has 72 valence electrons. The van der Waals surface area contributed by atoms with E-state index in [2.05, 4.69) is 10.3 Å². The first-order valence-corrected chi connectivity index (χ1v) is 4.79. The van der Waals surface area contributed by atoms with Crippen molar-refractivity contribution < 1.29 is 4.74 Å². The molecule has 0 radical (unpaired) electrons. The van der Waals surface area contributed by atoms with E-state index in [1.165, 1.54) is 0 Å². The molecule has 1 rings (SSSR count). The number of pyridine rings is 1. The SMILES string of the molecule is CCOc1cccnc1NCCCl. The average molecular weight is 201 g/mol. The smallest absolute Gasteiger partial charge is 0.168 e. The molecule has 0 fully saturated rings. The monoisotopic (exact) mass is 200 g/mol. The second-order valence-electron chi connectivity index (χ2n) is 2.40. The Bertz CT molecular complexity index is 255. The zero-order valence-electron chi connectivity index (χ0n) is 7.59. The van der Waals surface area contributed by atoms with Gasteiger partial charge in [0.2, 0.25) is 0 Å². The fourth-order valence-electron chi connectivity index (χ4n) is 0.961. The summed E-state index contributed by atoms with van der Waals surface area (Å²) in [4.78, 5) is 4.14.